The van der Waals surface area contributed by atoms with Crippen LogP contribution in [-0.4, -0.2) is 81.3 Å². The number of para-hydroxylation sites is 1. The van der Waals surface area contributed by atoms with Crippen molar-refractivity contribution in [2.45, 2.75) is 37.8 Å². The number of carbonyl (C=O) groups is 2. The van der Waals surface area contributed by atoms with E-state index in [2.05, 4.69) is 10.0 Å². The number of urea groups is 1. The van der Waals surface area contributed by atoms with Crippen LogP contribution in [0.5, 0.6) is 11.5 Å². The number of nitrogens with one attached hydrogen (secondary N) is 2. The second-order valence-corrected chi connectivity index (χ2v) is 12.4. The van der Waals surface area contributed by atoms with E-state index in [4.69, 9.17) is 9.47 Å². The predicted octanol–water partition coefficient (Wildman–Crippen LogP) is 4.19. The molecule has 3 amide bonds. The van der Waals surface area contributed by atoms with Crippen LogP contribution in [0.4, 0.5) is 16.2 Å². The summed E-state index contributed by atoms with van der Waals surface area (Å²) in [6.07, 6.45) is -0.642. The summed E-state index contributed by atoms with van der Waals surface area (Å²) in [5.41, 5.74) is 1.72. The number of likely N-dealkylation sites (N-methyl/N-ethyl adjacent to an activating group) is 1. The lowest BCUT2D eigenvalue weighted by Crippen LogP contribution is -2.50. The van der Waals surface area contributed by atoms with E-state index < -0.39 is 28.1 Å². The molecule has 4 rings (SSSR count). The van der Waals surface area contributed by atoms with Crippen molar-refractivity contribution in [3.8, 4) is 11.5 Å². The second-order valence-electron chi connectivity index (χ2n) is 10.8. The molecular formula is C31H38N4O7S. The largest absolute Gasteiger partial charge is 0.497 e. The molecule has 0 bridgehead atoms. The number of hydrogen-bond acceptors (Lipinski definition) is 7. The Bertz CT molecular complexity index is 1550. The Morgan fingerprint density at radius 2 is 1.81 bits per heavy atom. The minimum atomic E-state index is -4.02. The molecular weight excluding hydrogens is 572 g/mol. The van der Waals surface area contributed by atoms with Gasteiger partial charge in [-0.1, -0.05) is 30.7 Å². The highest BCUT2D eigenvalue weighted by molar-refractivity contribution is 7.92. The first-order valence-electron chi connectivity index (χ1n) is 13.9. The molecule has 0 unspecified atom stereocenters. The summed E-state index contributed by atoms with van der Waals surface area (Å²) < 4.78 is 40.8. The van der Waals surface area contributed by atoms with E-state index in [1.165, 1.54) is 23.1 Å². The maximum atomic E-state index is 13.7. The smallest absolute Gasteiger partial charge is 0.321 e. The van der Waals surface area contributed by atoms with Gasteiger partial charge in [0.1, 0.15) is 11.9 Å². The fourth-order valence-corrected chi connectivity index (χ4v) is 5.77. The third kappa shape index (κ3) is 7.38. The van der Waals surface area contributed by atoms with Crippen LogP contribution in [-0.2, 0) is 10.0 Å². The molecule has 12 heteroatoms. The van der Waals surface area contributed by atoms with Crippen molar-refractivity contribution < 1.29 is 32.6 Å². The van der Waals surface area contributed by atoms with Gasteiger partial charge < -0.3 is 29.7 Å². The Morgan fingerprint density at radius 3 is 2.44 bits per heavy atom. The van der Waals surface area contributed by atoms with Gasteiger partial charge in [-0.3, -0.25) is 9.52 Å². The van der Waals surface area contributed by atoms with E-state index in [0.29, 0.717) is 11.4 Å². The minimum absolute atomic E-state index is 0.0545. The number of aliphatic hydroxyl groups is 1. The molecule has 1 heterocycles. The molecule has 0 radical (unpaired) electrons. The molecule has 0 saturated heterocycles. The van der Waals surface area contributed by atoms with Crippen molar-refractivity contribution in [3.63, 3.8) is 0 Å². The molecule has 0 aromatic heterocycles. The highest BCUT2D eigenvalue weighted by Gasteiger charge is 2.35. The summed E-state index contributed by atoms with van der Waals surface area (Å²) in [6, 6.07) is 17.1. The zero-order valence-corrected chi connectivity index (χ0v) is 25.7. The Kier molecular flexibility index (Phi) is 9.82. The monoisotopic (exact) mass is 610 g/mol. The first kappa shape index (κ1) is 31.6. The lowest BCUT2D eigenvalue weighted by Gasteiger charge is -2.38. The van der Waals surface area contributed by atoms with Crippen LogP contribution in [0.25, 0.3) is 0 Å². The third-order valence-corrected chi connectivity index (χ3v) is 8.79. The van der Waals surface area contributed by atoms with E-state index in [1.54, 1.807) is 74.5 Å². The zero-order valence-electron chi connectivity index (χ0n) is 24.9. The van der Waals surface area contributed by atoms with Gasteiger partial charge in [0.25, 0.3) is 15.9 Å². The molecule has 1 aliphatic heterocycles. The summed E-state index contributed by atoms with van der Waals surface area (Å²) in [5.74, 6) is 0.0126. The lowest BCUT2D eigenvalue weighted by atomic mass is 9.99. The number of anilines is 2. The van der Waals surface area contributed by atoms with Crippen LogP contribution in [0.2, 0.25) is 0 Å². The number of methoxy groups -OCH3 is 1. The molecule has 43 heavy (non-hydrogen) atoms. The van der Waals surface area contributed by atoms with Gasteiger partial charge in [0, 0.05) is 25.2 Å². The number of aliphatic hydroxyl groups excluding tert-OH is 1. The Hall–Kier alpha value is -4.29. The number of ether oxygens (including phenoxy) is 2. The van der Waals surface area contributed by atoms with Crippen LogP contribution >= 0.6 is 0 Å². The number of nitrogens with zero attached hydrogens (tertiary/aromatic N) is 2. The number of amides is 3. The van der Waals surface area contributed by atoms with E-state index >= 15 is 0 Å². The average molecular weight is 611 g/mol. The lowest BCUT2D eigenvalue weighted by molar-refractivity contribution is 0.0373. The number of hydrogen-bond donors (Lipinski definition) is 3. The molecule has 3 aromatic rings. The summed E-state index contributed by atoms with van der Waals surface area (Å²) in [7, 11) is -0.837. The number of sulfonamides is 1. The molecule has 0 aliphatic carbocycles. The second kappa shape index (κ2) is 13.3. The van der Waals surface area contributed by atoms with Crippen molar-refractivity contribution in [2.24, 2.45) is 5.92 Å². The van der Waals surface area contributed by atoms with E-state index in [-0.39, 0.29) is 53.5 Å². The number of benzene rings is 3. The molecule has 3 aromatic carbocycles. The van der Waals surface area contributed by atoms with Gasteiger partial charge in [0.15, 0.2) is 5.75 Å². The van der Waals surface area contributed by atoms with Crippen molar-refractivity contribution >= 4 is 33.3 Å². The van der Waals surface area contributed by atoms with Crippen LogP contribution < -0.4 is 19.5 Å². The summed E-state index contributed by atoms with van der Waals surface area (Å²) in [6.45, 7) is 5.59. The summed E-state index contributed by atoms with van der Waals surface area (Å²) in [5, 5.41) is 12.8. The van der Waals surface area contributed by atoms with Gasteiger partial charge in [-0.15, -0.1) is 0 Å². The molecule has 0 spiro atoms. The van der Waals surface area contributed by atoms with Crippen LogP contribution in [0.3, 0.4) is 0 Å². The molecule has 0 saturated carbocycles. The Morgan fingerprint density at radius 1 is 1.14 bits per heavy atom. The summed E-state index contributed by atoms with van der Waals surface area (Å²) in [4.78, 5) is 29.9. The third-order valence-electron chi connectivity index (χ3n) is 7.41. The van der Waals surface area contributed by atoms with Gasteiger partial charge >= 0.3 is 6.03 Å². The van der Waals surface area contributed by atoms with Gasteiger partial charge in [-0.05, 0) is 62.4 Å². The van der Waals surface area contributed by atoms with Crippen molar-refractivity contribution in [2.75, 3.05) is 43.9 Å². The molecule has 3 N–H and O–H groups in total. The number of rotatable bonds is 9. The predicted molar refractivity (Wildman–Crippen MR) is 164 cm³/mol. The average Bonchev–Trinajstić information content (AvgIpc) is 2.99. The van der Waals surface area contributed by atoms with Crippen LogP contribution in [0.15, 0.2) is 71.6 Å². The molecule has 3 atom stereocenters. The van der Waals surface area contributed by atoms with Crippen molar-refractivity contribution in [3.05, 3.63) is 77.9 Å². The molecule has 11 nitrogen and oxygen atoms in total. The van der Waals surface area contributed by atoms with E-state index in [1.807, 2.05) is 13.8 Å². The van der Waals surface area contributed by atoms with Gasteiger partial charge in [-0.2, -0.15) is 0 Å². The number of fused-ring (bicyclic) bond motifs is 1. The Labute approximate surface area is 252 Å². The van der Waals surface area contributed by atoms with Crippen LogP contribution in [0.1, 0.15) is 29.8 Å². The van der Waals surface area contributed by atoms with Gasteiger partial charge in [-0.25, -0.2) is 13.2 Å². The maximum absolute atomic E-state index is 13.7. The summed E-state index contributed by atoms with van der Waals surface area (Å²) >= 11 is 0. The normalized spacial score (nSPS) is 17.5. The quantitative estimate of drug-likeness (QED) is 0.330. The topological polar surface area (TPSA) is 138 Å². The number of aryl methyl sites for hydroxylation is 1. The molecule has 1 aliphatic rings. The van der Waals surface area contributed by atoms with Crippen LogP contribution in [0, 0.1) is 12.8 Å². The first-order chi connectivity index (χ1) is 20.4. The van der Waals surface area contributed by atoms with E-state index in [9.17, 15) is 23.1 Å². The SMILES string of the molecule is COc1ccc(NC(=O)N(C)C[C@H]2Oc3c(NS(=O)(=O)c4ccc(C)cc4)cccc3C(=O)N([C@H](C)CO)C[C@H]2C)cc1. The van der Waals surface area contributed by atoms with E-state index in [0.717, 1.165) is 5.56 Å². The molecule has 0 fully saturated rings. The number of carbonyl (C=O) groups excluding carboxylic acids is 2. The maximum Gasteiger partial charge on any atom is 0.321 e. The fraction of sp³-hybridized carbons (Fsp3) is 0.355. The van der Waals surface area contributed by atoms with Crippen molar-refractivity contribution in [1.82, 2.24) is 9.80 Å². The zero-order chi connectivity index (χ0) is 31.3. The van der Waals surface area contributed by atoms with Gasteiger partial charge in [0.2, 0.25) is 0 Å². The minimum Gasteiger partial charge on any atom is -0.497 e. The Balaban J connectivity index is 1.66. The standard InChI is InChI=1S/C31H38N4O7S/c1-20-9-15-25(16-10-20)43(39,40)33-27-8-6-7-26-29(27)42-28(21(2)17-35(30(26)37)22(3)19-36)18-34(4)31(38)32-23-11-13-24(41-5)14-12-23/h6-16,21-22,28,33,36H,17-19H2,1-5H3,(H,32,38)/t21-,22-,28-/m1/s1. The fourth-order valence-electron chi connectivity index (χ4n) is 4.71. The van der Waals surface area contributed by atoms with Gasteiger partial charge in [0.05, 0.1) is 42.4 Å². The first-order valence-corrected chi connectivity index (χ1v) is 15.4. The highest BCUT2D eigenvalue weighted by Crippen LogP contribution is 2.36. The molecule has 230 valence electrons. The highest BCUT2D eigenvalue weighted by atomic mass is 32.2. The van der Waals surface area contributed by atoms with Crippen molar-refractivity contribution in [1.29, 1.82) is 0 Å².